The molecule has 0 spiro atoms. The van der Waals surface area contributed by atoms with E-state index in [4.69, 9.17) is 13.7 Å². The first-order valence-electron chi connectivity index (χ1n) is 9.14. The molecule has 7 heteroatoms. The van der Waals surface area contributed by atoms with Crippen LogP contribution in [0.15, 0.2) is 21.1 Å². The molecule has 0 aromatic carbocycles. The summed E-state index contributed by atoms with van der Waals surface area (Å²) < 4.78 is 16.4. The summed E-state index contributed by atoms with van der Waals surface area (Å²) in [7, 11) is 1.72. The van der Waals surface area contributed by atoms with Crippen LogP contribution in [-0.2, 0) is 4.74 Å². The van der Waals surface area contributed by atoms with E-state index in [2.05, 4.69) is 10.1 Å². The number of ether oxygens (including phenoxy) is 1. The second-order valence-electron chi connectivity index (χ2n) is 7.06. The molecule has 0 radical (unpaired) electrons. The van der Waals surface area contributed by atoms with Gasteiger partial charge in [0.2, 0.25) is 0 Å². The van der Waals surface area contributed by atoms with Crippen molar-refractivity contribution >= 4 is 17.0 Å². The summed E-state index contributed by atoms with van der Waals surface area (Å²) in [6.45, 7) is 6.94. The average molecular weight is 369 g/mol. The van der Waals surface area contributed by atoms with Gasteiger partial charge in [-0.05, 0) is 45.7 Å². The van der Waals surface area contributed by atoms with Gasteiger partial charge in [0.25, 0.3) is 11.6 Å². The molecule has 0 aliphatic carbocycles. The number of nitrogens with zero attached hydrogens (tertiary/aromatic N) is 3. The number of amides is 1. The molecule has 4 rings (SSSR count). The van der Waals surface area contributed by atoms with Crippen molar-refractivity contribution in [2.24, 2.45) is 0 Å². The van der Waals surface area contributed by atoms with E-state index >= 15 is 0 Å². The highest BCUT2D eigenvalue weighted by molar-refractivity contribution is 6.07. The summed E-state index contributed by atoms with van der Waals surface area (Å²) in [5, 5.41) is 4.70. The Morgan fingerprint density at radius 1 is 1.22 bits per heavy atom. The minimum Gasteiger partial charge on any atom is -0.466 e. The molecule has 7 nitrogen and oxygen atoms in total. The predicted octanol–water partition coefficient (Wildman–Crippen LogP) is 3.66. The smallest absolute Gasteiger partial charge is 0.259 e. The number of piperidine rings is 1. The van der Waals surface area contributed by atoms with Gasteiger partial charge in [0.15, 0.2) is 0 Å². The van der Waals surface area contributed by atoms with Crippen molar-refractivity contribution in [2.45, 2.75) is 39.7 Å². The number of furan rings is 1. The Kier molecular flexibility index (Phi) is 4.47. The van der Waals surface area contributed by atoms with Gasteiger partial charge in [-0.1, -0.05) is 5.16 Å². The molecule has 0 bridgehead atoms. The van der Waals surface area contributed by atoms with Crippen LogP contribution in [0.5, 0.6) is 0 Å². The topological polar surface area (TPSA) is 81.6 Å². The number of carbonyl (C=O) groups is 1. The van der Waals surface area contributed by atoms with Crippen LogP contribution in [0, 0.1) is 20.8 Å². The molecule has 1 saturated heterocycles. The van der Waals surface area contributed by atoms with E-state index in [-0.39, 0.29) is 12.0 Å². The SMILES string of the molecule is COC1CCN(C(=O)c2cc(-c3cc(C)oc3C)nc3onc(C)c23)CC1. The van der Waals surface area contributed by atoms with Crippen LogP contribution >= 0.6 is 0 Å². The zero-order valence-electron chi connectivity index (χ0n) is 16.0. The number of aromatic nitrogens is 2. The van der Waals surface area contributed by atoms with Crippen LogP contribution in [-0.4, -0.2) is 47.3 Å². The fourth-order valence-corrected chi connectivity index (χ4v) is 3.75. The maximum absolute atomic E-state index is 13.3. The number of rotatable bonds is 3. The zero-order valence-corrected chi connectivity index (χ0v) is 16.0. The van der Waals surface area contributed by atoms with Gasteiger partial charge in [0, 0.05) is 25.8 Å². The maximum atomic E-state index is 13.3. The molecule has 3 aromatic heterocycles. The quantitative estimate of drug-likeness (QED) is 0.701. The second kappa shape index (κ2) is 6.81. The Morgan fingerprint density at radius 3 is 2.59 bits per heavy atom. The van der Waals surface area contributed by atoms with Crippen molar-refractivity contribution in [3.05, 3.63) is 34.9 Å². The van der Waals surface area contributed by atoms with E-state index in [0.717, 1.165) is 29.9 Å². The molecule has 1 fully saturated rings. The highest BCUT2D eigenvalue weighted by Crippen LogP contribution is 2.31. The highest BCUT2D eigenvalue weighted by atomic mass is 16.5. The van der Waals surface area contributed by atoms with Gasteiger partial charge in [0.05, 0.1) is 28.4 Å². The van der Waals surface area contributed by atoms with Gasteiger partial charge < -0.3 is 18.6 Å². The standard InChI is InChI=1S/C20H23N3O4/c1-11-9-15(13(3)26-11)17-10-16(18-12(2)22-27-19(18)21-17)20(24)23-7-5-14(25-4)6-8-23/h9-10,14H,5-8H2,1-4H3. The van der Waals surface area contributed by atoms with Crippen molar-refractivity contribution in [3.63, 3.8) is 0 Å². The van der Waals surface area contributed by atoms with Crippen molar-refractivity contribution in [1.82, 2.24) is 15.0 Å². The molecule has 1 aliphatic rings. The van der Waals surface area contributed by atoms with Gasteiger partial charge in [0.1, 0.15) is 11.5 Å². The minimum absolute atomic E-state index is 0.0256. The molecule has 0 saturated carbocycles. The van der Waals surface area contributed by atoms with Crippen LogP contribution in [0.2, 0.25) is 0 Å². The third kappa shape index (κ3) is 3.12. The number of fused-ring (bicyclic) bond motifs is 1. The molecule has 0 unspecified atom stereocenters. The third-order valence-corrected chi connectivity index (χ3v) is 5.23. The van der Waals surface area contributed by atoms with Crippen molar-refractivity contribution < 1.29 is 18.5 Å². The average Bonchev–Trinajstić information content (AvgIpc) is 3.22. The Morgan fingerprint density at radius 2 is 1.96 bits per heavy atom. The Bertz CT molecular complexity index is 996. The summed E-state index contributed by atoms with van der Waals surface area (Å²) in [5.41, 5.74) is 3.12. The van der Waals surface area contributed by atoms with Gasteiger partial charge in [-0.15, -0.1) is 0 Å². The lowest BCUT2D eigenvalue weighted by molar-refractivity contribution is 0.0352. The van der Waals surface area contributed by atoms with Gasteiger partial charge >= 0.3 is 0 Å². The number of carbonyl (C=O) groups excluding carboxylic acids is 1. The summed E-state index contributed by atoms with van der Waals surface area (Å²) in [5.74, 6) is 1.53. The summed E-state index contributed by atoms with van der Waals surface area (Å²) in [6, 6.07) is 3.75. The van der Waals surface area contributed by atoms with E-state index in [1.165, 1.54) is 0 Å². The summed E-state index contributed by atoms with van der Waals surface area (Å²) in [4.78, 5) is 19.7. The Hall–Kier alpha value is -2.67. The monoisotopic (exact) mass is 369 g/mol. The van der Waals surface area contributed by atoms with Crippen LogP contribution in [0.4, 0.5) is 0 Å². The lowest BCUT2D eigenvalue weighted by Crippen LogP contribution is -2.40. The van der Waals surface area contributed by atoms with Crippen LogP contribution in [0.1, 0.15) is 40.4 Å². The fourth-order valence-electron chi connectivity index (χ4n) is 3.75. The van der Waals surface area contributed by atoms with Gasteiger partial charge in [-0.2, -0.15) is 0 Å². The first-order chi connectivity index (χ1) is 13.0. The molecule has 27 heavy (non-hydrogen) atoms. The van der Waals surface area contributed by atoms with E-state index < -0.39 is 0 Å². The van der Waals surface area contributed by atoms with Crippen molar-refractivity contribution in [1.29, 1.82) is 0 Å². The summed E-state index contributed by atoms with van der Waals surface area (Å²) in [6.07, 6.45) is 1.90. The molecular weight excluding hydrogens is 346 g/mol. The molecule has 0 atom stereocenters. The minimum atomic E-state index is -0.0256. The summed E-state index contributed by atoms with van der Waals surface area (Å²) >= 11 is 0. The lowest BCUT2D eigenvalue weighted by atomic mass is 10.0. The van der Waals surface area contributed by atoms with Crippen molar-refractivity contribution in [3.8, 4) is 11.3 Å². The van der Waals surface area contributed by atoms with Crippen LogP contribution < -0.4 is 0 Å². The molecular formula is C20H23N3O4. The van der Waals surface area contributed by atoms with Crippen LogP contribution in [0.3, 0.4) is 0 Å². The number of hydrogen-bond donors (Lipinski definition) is 0. The predicted molar refractivity (Wildman–Crippen MR) is 99.7 cm³/mol. The highest BCUT2D eigenvalue weighted by Gasteiger charge is 2.27. The van der Waals surface area contributed by atoms with E-state index in [0.29, 0.717) is 41.1 Å². The zero-order chi connectivity index (χ0) is 19.1. The Balaban J connectivity index is 1.78. The molecule has 1 amide bonds. The van der Waals surface area contributed by atoms with Crippen LogP contribution in [0.25, 0.3) is 22.4 Å². The fraction of sp³-hybridized carbons (Fsp3) is 0.450. The first-order valence-corrected chi connectivity index (χ1v) is 9.14. The van der Waals surface area contributed by atoms with Gasteiger partial charge in [-0.25, -0.2) is 4.98 Å². The van der Waals surface area contributed by atoms with E-state index in [1.807, 2.05) is 37.8 Å². The van der Waals surface area contributed by atoms with E-state index in [9.17, 15) is 4.79 Å². The normalized spacial score (nSPS) is 15.6. The molecule has 142 valence electrons. The number of pyridine rings is 1. The number of likely N-dealkylation sites (tertiary alicyclic amines) is 1. The lowest BCUT2D eigenvalue weighted by Gasteiger charge is -2.31. The Labute approximate surface area is 157 Å². The number of aryl methyl sites for hydroxylation is 3. The maximum Gasteiger partial charge on any atom is 0.259 e. The number of methoxy groups -OCH3 is 1. The molecule has 0 N–H and O–H groups in total. The molecule has 3 aromatic rings. The largest absolute Gasteiger partial charge is 0.466 e. The van der Waals surface area contributed by atoms with E-state index in [1.54, 1.807) is 7.11 Å². The first kappa shape index (κ1) is 17.7. The second-order valence-corrected chi connectivity index (χ2v) is 7.06. The van der Waals surface area contributed by atoms with Gasteiger partial charge in [-0.3, -0.25) is 4.79 Å². The van der Waals surface area contributed by atoms with Crippen molar-refractivity contribution in [2.75, 3.05) is 20.2 Å². The third-order valence-electron chi connectivity index (χ3n) is 5.23. The number of hydrogen-bond acceptors (Lipinski definition) is 6. The molecule has 4 heterocycles. The molecule has 1 aliphatic heterocycles.